The van der Waals surface area contributed by atoms with E-state index in [0.29, 0.717) is 13.0 Å². The first kappa shape index (κ1) is 19.5. The summed E-state index contributed by atoms with van der Waals surface area (Å²) in [5.74, 6) is 1.67. The van der Waals surface area contributed by atoms with Crippen molar-refractivity contribution >= 4 is 13.0 Å². The number of hydrogen-bond acceptors (Lipinski definition) is 3. The summed E-state index contributed by atoms with van der Waals surface area (Å²) in [5, 5.41) is 2.97. The number of nitrogens with one attached hydrogen (secondary N) is 1. The fourth-order valence-corrected chi connectivity index (χ4v) is 2.75. The van der Waals surface area contributed by atoms with Gasteiger partial charge in [0.1, 0.15) is 0 Å². The van der Waals surface area contributed by atoms with Crippen LogP contribution in [0.15, 0.2) is 0 Å². The van der Waals surface area contributed by atoms with Crippen LogP contribution in [-0.4, -0.2) is 32.8 Å². The first-order valence-electron chi connectivity index (χ1n) is 9.15. The summed E-state index contributed by atoms with van der Waals surface area (Å²) in [7, 11) is -0.211. The van der Waals surface area contributed by atoms with Gasteiger partial charge < -0.3 is 14.6 Å². The molecule has 0 saturated heterocycles. The van der Waals surface area contributed by atoms with Crippen molar-refractivity contribution in [2.45, 2.75) is 72.0 Å². The van der Waals surface area contributed by atoms with Crippen molar-refractivity contribution in [3.63, 3.8) is 0 Å². The van der Waals surface area contributed by atoms with E-state index in [4.69, 9.17) is 9.31 Å². The van der Waals surface area contributed by atoms with Gasteiger partial charge >= 0.3 is 7.12 Å². The lowest BCUT2D eigenvalue weighted by molar-refractivity contribution is -0.121. The predicted octanol–water partition coefficient (Wildman–Crippen LogP) is 3.66. The largest absolute Gasteiger partial charge is 0.453 e. The van der Waals surface area contributed by atoms with Crippen molar-refractivity contribution in [1.29, 1.82) is 0 Å². The van der Waals surface area contributed by atoms with Crippen LogP contribution in [0.3, 0.4) is 0 Å². The number of rotatable bonds is 13. The Balaban J connectivity index is 1.92. The van der Waals surface area contributed by atoms with Gasteiger partial charge in [-0.25, -0.2) is 0 Å². The molecule has 5 heteroatoms. The van der Waals surface area contributed by atoms with Gasteiger partial charge in [0.2, 0.25) is 5.91 Å². The van der Waals surface area contributed by atoms with Gasteiger partial charge in [-0.15, -0.1) is 0 Å². The summed E-state index contributed by atoms with van der Waals surface area (Å²) in [6, 6.07) is 0. The molecule has 1 aliphatic rings. The summed E-state index contributed by atoms with van der Waals surface area (Å²) >= 11 is 0. The van der Waals surface area contributed by atoms with Gasteiger partial charge in [0.25, 0.3) is 0 Å². The zero-order valence-corrected chi connectivity index (χ0v) is 14.7. The molecule has 128 valence electrons. The molecular weight excluding hydrogens is 277 g/mol. The van der Waals surface area contributed by atoms with Gasteiger partial charge in [0.05, 0.1) is 0 Å². The molecule has 0 aromatic rings. The highest BCUT2D eigenvalue weighted by Gasteiger charge is 2.18. The molecule has 1 amide bonds. The number of carbonyl (C=O) groups excluding carboxylic acids is 1. The maximum Gasteiger partial charge on any atom is 0.453 e. The van der Waals surface area contributed by atoms with E-state index in [1.807, 2.05) is 6.82 Å². The smallest absolute Gasteiger partial charge is 0.411 e. The molecule has 0 aromatic carbocycles. The van der Waals surface area contributed by atoms with Gasteiger partial charge in [0.15, 0.2) is 0 Å². The summed E-state index contributed by atoms with van der Waals surface area (Å²) in [6.45, 7) is 8.30. The Labute approximate surface area is 136 Å². The van der Waals surface area contributed by atoms with Crippen LogP contribution in [-0.2, 0) is 14.1 Å². The molecule has 0 spiro atoms. The van der Waals surface area contributed by atoms with Crippen molar-refractivity contribution < 1.29 is 14.1 Å². The molecular formula is C17H34BNO3. The van der Waals surface area contributed by atoms with Crippen LogP contribution in [0.25, 0.3) is 0 Å². The van der Waals surface area contributed by atoms with E-state index in [1.165, 1.54) is 32.1 Å². The Morgan fingerprint density at radius 1 is 1.23 bits per heavy atom. The molecule has 1 N–H and O–H groups in total. The third-order valence-corrected chi connectivity index (χ3v) is 4.81. The minimum absolute atomic E-state index is 0.0765. The molecule has 0 aromatic heterocycles. The molecule has 0 bridgehead atoms. The van der Waals surface area contributed by atoms with Crippen LogP contribution in [0.4, 0.5) is 0 Å². The second-order valence-corrected chi connectivity index (χ2v) is 6.47. The Hall–Kier alpha value is -0.545. The average molecular weight is 311 g/mol. The lowest BCUT2D eigenvalue weighted by Gasteiger charge is -2.25. The van der Waals surface area contributed by atoms with Crippen molar-refractivity contribution in [3.05, 3.63) is 0 Å². The quantitative estimate of drug-likeness (QED) is 0.528. The Kier molecular flexibility index (Phi) is 10.6. The monoisotopic (exact) mass is 311 g/mol. The third kappa shape index (κ3) is 8.79. The lowest BCUT2D eigenvalue weighted by atomic mass is 9.83. The number of amides is 1. The molecule has 1 saturated carbocycles. The molecule has 0 atom stereocenters. The Morgan fingerprint density at radius 2 is 1.91 bits per heavy atom. The molecule has 22 heavy (non-hydrogen) atoms. The molecule has 0 heterocycles. The highest BCUT2D eigenvalue weighted by Crippen LogP contribution is 2.29. The molecule has 1 rings (SSSR count). The van der Waals surface area contributed by atoms with E-state index >= 15 is 0 Å². The van der Waals surface area contributed by atoms with Crippen molar-refractivity contribution in [2.24, 2.45) is 11.8 Å². The Bertz CT molecular complexity index is 294. The van der Waals surface area contributed by atoms with E-state index in [1.54, 1.807) is 0 Å². The van der Waals surface area contributed by atoms with E-state index in [9.17, 15) is 4.79 Å². The second-order valence-electron chi connectivity index (χ2n) is 6.47. The zero-order valence-electron chi connectivity index (χ0n) is 14.7. The molecule has 0 aliphatic heterocycles. The lowest BCUT2D eigenvalue weighted by Crippen LogP contribution is -2.28. The van der Waals surface area contributed by atoms with Crippen LogP contribution in [0.1, 0.15) is 65.2 Å². The fourth-order valence-electron chi connectivity index (χ4n) is 2.75. The number of hydrogen-bond donors (Lipinski definition) is 1. The molecule has 1 aliphatic carbocycles. The molecule has 0 unspecified atom stereocenters. The average Bonchev–Trinajstić information content (AvgIpc) is 2.46. The van der Waals surface area contributed by atoms with Crippen LogP contribution >= 0.6 is 0 Å². The van der Waals surface area contributed by atoms with Crippen LogP contribution in [0.5, 0.6) is 0 Å². The topological polar surface area (TPSA) is 47.6 Å². The summed E-state index contributed by atoms with van der Waals surface area (Å²) in [6.07, 6.45) is 9.09. The maximum absolute atomic E-state index is 11.7. The van der Waals surface area contributed by atoms with E-state index < -0.39 is 0 Å². The van der Waals surface area contributed by atoms with E-state index in [2.05, 4.69) is 19.2 Å². The van der Waals surface area contributed by atoms with Gasteiger partial charge in [0, 0.05) is 26.2 Å². The van der Waals surface area contributed by atoms with E-state index in [-0.39, 0.29) is 13.0 Å². The van der Waals surface area contributed by atoms with Gasteiger partial charge in [-0.2, -0.15) is 0 Å². The molecule has 0 radical (unpaired) electrons. The first-order valence-corrected chi connectivity index (χ1v) is 9.15. The minimum Gasteiger partial charge on any atom is -0.411 e. The maximum atomic E-state index is 11.7. The van der Waals surface area contributed by atoms with Gasteiger partial charge in [-0.05, 0) is 31.5 Å². The predicted molar refractivity (Wildman–Crippen MR) is 91.8 cm³/mol. The van der Waals surface area contributed by atoms with Crippen molar-refractivity contribution in [1.82, 2.24) is 5.32 Å². The van der Waals surface area contributed by atoms with E-state index in [0.717, 1.165) is 37.8 Å². The van der Waals surface area contributed by atoms with Crippen molar-refractivity contribution in [2.75, 3.05) is 19.8 Å². The van der Waals surface area contributed by atoms with Crippen LogP contribution < -0.4 is 5.32 Å². The summed E-state index contributed by atoms with van der Waals surface area (Å²) in [5.41, 5.74) is 0. The minimum atomic E-state index is -0.211. The van der Waals surface area contributed by atoms with Gasteiger partial charge in [-0.1, -0.05) is 46.0 Å². The first-order chi connectivity index (χ1) is 10.7. The molecule has 4 nitrogen and oxygen atoms in total. The SMILES string of the molecule is CCC(CC)CCNC(=O)CCOB(C)OCCC1CCC1. The summed E-state index contributed by atoms with van der Waals surface area (Å²) < 4.78 is 11.2. The Morgan fingerprint density at radius 3 is 2.50 bits per heavy atom. The van der Waals surface area contributed by atoms with Crippen LogP contribution in [0, 0.1) is 11.8 Å². The van der Waals surface area contributed by atoms with Crippen molar-refractivity contribution in [3.8, 4) is 0 Å². The fraction of sp³-hybridized carbons (Fsp3) is 0.941. The zero-order chi connectivity index (χ0) is 16.2. The normalized spacial score (nSPS) is 14.9. The molecule has 1 fully saturated rings. The van der Waals surface area contributed by atoms with Crippen LogP contribution in [0.2, 0.25) is 6.82 Å². The standard InChI is InChI=1S/C17H34BNO3/c1-4-15(5-2)9-12-19-17(20)11-14-22-18(3)21-13-10-16-7-6-8-16/h15-16H,4-14H2,1-3H3,(H,19,20). The summed E-state index contributed by atoms with van der Waals surface area (Å²) in [4.78, 5) is 11.7. The van der Waals surface area contributed by atoms with Gasteiger partial charge in [-0.3, -0.25) is 4.79 Å². The second kappa shape index (κ2) is 11.9. The highest BCUT2D eigenvalue weighted by atomic mass is 16.6. The highest BCUT2D eigenvalue weighted by molar-refractivity contribution is 6.42. The number of carbonyl (C=O) groups is 1. The third-order valence-electron chi connectivity index (χ3n) is 4.81.